The quantitative estimate of drug-likeness (QED) is 0.586. The Morgan fingerprint density at radius 1 is 1.26 bits per heavy atom. The van der Waals surface area contributed by atoms with E-state index in [2.05, 4.69) is 26.1 Å². The number of hydrogen-bond acceptors (Lipinski definition) is 5. The van der Waals surface area contributed by atoms with Crippen LogP contribution in [-0.2, 0) is 11.3 Å². The van der Waals surface area contributed by atoms with Crippen molar-refractivity contribution in [3.63, 3.8) is 0 Å². The van der Waals surface area contributed by atoms with Crippen molar-refractivity contribution in [3.8, 4) is 17.1 Å². The minimum Gasteiger partial charge on any atom is -0.481 e. The first-order valence-electron chi connectivity index (χ1n) is 8.49. The van der Waals surface area contributed by atoms with Crippen molar-refractivity contribution < 1.29 is 14.1 Å². The fourth-order valence-electron chi connectivity index (χ4n) is 2.53. The number of ether oxygens (including phenoxy) is 1. The van der Waals surface area contributed by atoms with Crippen LogP contribution in [0.15, 0.2) is 57.5 Å². The van der Waals surface area contributed by atoms with Gasteiger partial charge in [0.2, 0.25) is 11.7 Å². The Balaban J connectivity index is 1.61. The maximum atomic E-state index is 12.5. The van der Waals surface area contributed by atoms with Crippen molar-refractivity contribution in [3.05, 3.63) is 64.5 Å². The Kier molecular flexibility index (Phi) is 5.91. The summed E-state index contributed by atoms with van der Waals surface area (Å²) < 4.78 is 11.9. The molecule has 1 aromatic heterocycles. The fraction of sp³-hybridized carbons (Fsp3) is 0.250. The molecule has 27 heavy (non-hydrogen) atoms. The number of benzene rings is 2. The van der Waals surface area contributed by atoms with E-state index in [0.717, 1.165) is 15.6 Å². The first-order chi connectivity index (χ1) is 12.9. The Bertz CT molecular complexity index is 924. The first-order valence-corrected chi connectivity index (χ1v) is 9.28. The highest BCUT2D eigenvalue weighted by atomic mass is 79.9. The lowest BCUT2D eigenvalue weighted by atomic mass is 10.2. The van der Waals surface area contributed by atoms with E-state index < -0.39 is 6.10 Å². The predicted octanol–water partition coefficient (Wildman–Crippen LogP) is 4.23. The second-order valence-electron chi connectivity index (χ2n) is 6.29. The van der Waals surface area contributed by atoms with Gasteiger partial charge in [-0.2, -0.15) is 4.98 Å². The van der Waals surface area contributed by atoms with Crippen LogP contribution in [0.25, 0.3) is 11.4 Å². The van der Waals surface area contributed by atoms with Gasteiger partial charge in [-0.15, -0.1) is 0 Å². The molecule has 0 bridgehead atoms. The summed E-state index contributed by atoms with van der Waals surface area (Å²) in [5, 5.41) is 3.98. The maximum absolute atomic E-state index is 12.5. The Labute approximate surface area is 166 Å². The highest BCUT2D eigenvalue weighted by Crippen LogP contribution is 2.21. The van der Waals surface area contributed by atoms with Gasteiger partial charge in [0.15, 0.2) is 6.10 Å². The number of rotatable bonds is 6. The summed E-state index contributed by atoms with van der Waals surface area (Å²) in [7, 11) is 1.68. The van der Waals surface area contributed by atoms with E-state index in [1.807, 2.05) is 55.5 Å². The smallest absolute Gasteiger partial charge is 0.263 e. The molecular weight excluding hydrogens is 410 g/mol. The molecular formula is C20H20BrN3O3. The molecule has 6 nitrogen and oxygen atoms in total. The molecule has 1 atom stereocenters. The average molecular weight is 430 g/mol. The molecule has 0 spiro atoms. The van der Waals surface area contributed by atoms with E-state index in [0.29, 0.717) is 17.5 Å². The van der Waals surface area contributed by atoms with E-state index in [1.54, 1.807) is 14.0 Å². The van der Waals surface area contributed by atoms with Gasteiger partial charge in [0.05, 0.1) is 6.54 Å². The van der Waals surface area contributed by atoms with Crippen LogP contribution >= 0.6 is 15.9 Å². The lowest BCUT2D eigenvalue weighted by molar-refractivity contribution is -0.137. The molecule has 1 heterocycles. The van der Waals surface area contributed by atoms with Crippen LogP contribution in [0.5, 0.6) is 5.75 Å². The second-order valence-corrected chi connectivity index (χ2v) is 7.21. The average Bonchev–Trinajstić information content (AvgIpc) is 3.11. The van der Waals surface area contributed by atoms with Gasteiger partial charge >= 0.3 is 0 Å². The zero-order valence-electron chi connectivity index (χ0n) is 15.3. The van der Waals surface area contributed by atoms with Crippen LogP contribution in [0.4, 0.5) is 0 Å². The molecule has 0 unspecified atom stereocenters. The molecule has 0 fully saturated rings. The molecule has 0 saturated heterocycles. The van der Waals surface area contributed by atoms with Crippen molar-refractivity contribution in [2.24, 2.45) is 0 Å². The van der Waals surface area contributed by atoms with Gasteiger partial charge in [0.25, 0.3) is 5.91 Å². The van der Waals surface area contributed by atoms with Gasteiger partial charge in [0.1, 0.15) is 5.75 Å². The molecule has 2 aromatic carbocycles. The minimum absolute atomic E-state index is 0.169. The van der Waals surface area contributed by atoms with Crippen LogP contribution in [0.1, 0.15) is 18.4 Å². The fourth-order valence-corrected chi connectivity index (χ4v) is 2.93. The number of likely N-dealkylation sites (N-methyl/N-ethyl adjacent to an activating group) is 1. The minimum atomic E-state index is -0.620. The Morgan fingerprint density at radius 2 is 2.00 bits per heavy atom. The van der Waals surface area contributed by atoms with E-state index in [9.17, 15) is 4.79 Å². The van der Waals surface area contributed by atoms with Crippen LogP contribution in [-0.4, -0.2) is 34.1 Å². The largest absolute Gasteiger partial charge is 0.481 e. The van der Waals surface area contributed by atoms with Gasteiger partial charge in [-0.1, -0.05) is 50.9 Å². The molecule has 140 valence electrons. The van der Waals surface area contributed by atoms with E-state index >= 15 is 0 Å². The number of aromatic nitrogens is 2. The number of aryl methyl sites for hydroxylation is 1. The molecule has 0 aliphatic heterocycles. The Morgan fingerprint density at radius 3 is 2.70 bits per heavy atom. The van der Waals surface area contributed by atoms with E-state index in [-0.39, 0.29) is 12.5 Å². The number of hydrogen-bond donors (Lipinski definition) is 0. The summed E-state index contributed by atoms with van der Waals surface area (Å²) in [4.78, 5) is 18.4. The number of amides is 1. The highest BCUT2D eigenvalue weighted by Gasteiger charge is 2.21. The molecule has 0 aliphatic rings. The molecule has 7 heteroatoms. The van der Waals surface area contributed by atoms with Crippen LogP contribution in [0, 0.1) is 6.92 Å². The topological polar surface area (TPSA) is 68.5 Å². The van der Waals surface area contributed by atoms with Crippen molar-refractivity contribution in [1.29, 1.82) is 0 Å². The SMILES string of the molecule is Cc1ccc(O[C@H](C)C(=O)N(C)Cc2nc(-c3cccc(Br)c3)no2)cc1. The van der Waals surface area contributed by atoms with Crippen LogP contribution < -0.4 is 4.74 Å². The van der Waals surface area contributed by atoms with Gasteiger partial charge in [-0.25, -0.2) is 0 Å². The first kappa shape index (κ1) is 19.1. The molecule has 0 saturated carbocycles. The van der Waals surface area contributed by atoms with Gasteiger partial charge in [-0.3, -0.25) is 4.79 Å². The summed E-state index contributed by atoms with van der Waals surface area (Å²) >= 11 is 3.42. The predicted molar refractivity (Wildman–Crippen MR) is 105 cm³/mol. The maximum Gasteiger partial charge on any atom is 0.263 e. The van der Waals surface area contributed by atoms with Gasteiger partial charge in [-0.05, 0) is 38.1 Å². The van der Waals surface area contributed by atoms with Gasteiger partial charge in [0, 0.05) is 17.1 Å². The number of carbonyl (C=O) groups excluding carboxylic acids is 1. The molecule has 3 rings (SSSR count). The summed E-state index contributed by atoms with van der Waals surface area (Å²) in [6.45, 7) is 3.93. The lowest BCUT2D eigenvalue weighted by Crippen LogP contribution is -2.37. The monoisotopic (exact) mass is 429 g/mol. The van der Waals surface area contributed by atoms with Crippen LogP contribution in [0.3, 0.4) is 0 Å². The molecule has 1 amide bonds. The molecule has 3 aromatic rings. The third kappa shape index (κ3) is 4.95. The van der Waals surface area contributed by atoms with Crippen molar-refractivity contribution >= 4 is 21.8 Å². The Hall–Kier alpha value is -2.67. The highest BCUT2D eigenvalue weighted by molar-refractivity contribution is 9.10. The van der Waals surface area contributed by atoms with Crippen molar-refractivity contribution in [2.45, 2.75) is 26.5 Å². The lowest BCUT2D eigenvalue weighted by Gasteiger charge is -2.20. The summed E-state index contributed by atoms with van der Waals surface area (Å²) in [6.07, 6.45) is -0.620. The second kappa shape index (κ2) is 8.35. The summed E-state index contributed by atoms with van der Waals surface area (Å²) in [5.74, 6) is 1.34. The van der Waals surface area contributed by atoms with Gasteiger partial charge < -0.3 is 14.2 Å². The number of nitrogens with zero attached hydrogens (tertiary/aromatic N) is 3. The number of halogens is 1. The third-order valence-corrected chi connectivity index (χ3v) is 4.47. The molecule has 0 aliphatic carbocycles. The number of carbonyl (C=O) groups is 1. The van der Waals surface area contributed by atoms with E-state index in [4.69, 9.17) is 9.26 Å². The normalized spacial score (nSPS) is 11.9. The standard InChI is InChI=1S/C20H20BrN3O3/c1-13-7-9-17(10-8-13)26-14(2)20(25)24(3)12-18-22-19(23-27-18)15-5-4-6-16(21)11-15/h4-11,14H,12H2,1-3H3/t14-/m1/s1. The third-order valence-electron chi connectivity index (χ3n) is 3.98. The molecule has 0 radical (unpaired) electrons. The van der Waals surface area contributed by atoms with E-state index in [1.165, 1.54) is 4.90 Å². The molecule has 0 N–H and O–H groups in total. The van der Waals surface area contributed by atoms with Crippen molar-refractivity contribution in [1.82, 2.24) is 15.0 Å². The van der Waals surface area contributed by atoms with Crippen molar-refractivity contribution in [2.75, 3.05) is 7.05 Å². The van der Waals surface area contributed by atoms with Crippen LogP contribution in [0.2, 0.25) is 0 Å². The summed E-state index contributed by atoms with van der Waals surface area (Å²) in [6, 6.07) is 15.2. The summed E-state index contributed by atoms with van der Waals surface area (Å²) in [5.41, 5.74) is 1.97. The zero-order chi connectivity index (χ0) is 19.4. The zero-order valence-corrected chi connectivity index (χ0v) is 16.9.